The lowest BCUT2D eigenvalue weighted by Crippen LogP contribution is -2.43. The minimum absolute atomic E-state index is 0.0102. The fourth-order valence-corrected chi connectivity index (χ4v) is 4.67. The normalized spacial score (nSPS) is 20.1. The molecule has 3 aliphatic rings. The SMILES string of the molecule is CC(=O)N1CCC2=C(CN=C2C(=O)N2CCC(c3cc(F)ccc3C(F)(F)F)CC2)C1. The van der Waals surface area contributed by atoms with Crippen molar-refractivity contribution in [1.29, 1.82) is 0 Å². The highest BCUT2D eigenvalue weighted by atomic mass is 19.4. The first-order valence-corrected chi connectivity index (χ1v) is 10.3. The highest BCUT2D eigenvalue weighted by Gasteiger charge is 2.38. The maximum absolute atomic E-state index is 13.7. The first kappa shape index (κ1) is 21.5. The highest BCUT2D eigenvalue weighted by Crippen LogP contribution is 2.39. The van der Waals surface area contributed by atoms with E-state index in [1.54, 1.807) is 9.80 Å². The third-order valence-electron chi connectivity index (χ3n) is 6.34. The van der Waals surface area contributed by atoms with Crippen LogP contribution in [-0.2, 0) is 15.8 Å². The molecule has 0 N–H and O–H groups in total. The van der Waals surface area contributed by atoms with Crippen molar-refractivity contribution in [2.45, 2.75) is 38.3 Å². The van der Waals surface area contributed by atoms with Gasteiger partial charge in [-0.2, -0.15) is 13.2 Å². The van der Waals surface area contributed by atoms with Crippen molar-refractivity contribution < 1.29 is 27.2 Å². The Bertz CT molecular complexity index is 975. The summed E-state index contributed by atoms with van der Waals surface area (Å²) in [5.41, 5.74) is 1.44. The van der Waals surface area contributed by atoms with Crippen LogP contribution < -0.4 is 0 Å². The lowest BCUT2D eigenvalue weighted by molar-refractivity contribution is -0.138. The number of rotatable bonds is 2. The Morgan fingerprint density at radius 3 is 2.45 bits per heavy atom. The van der Waals surface area contributed by atoms with Gasteiger partial charge in [0.05, 0.1) is 12.1 Å². The summed E-state index contributed by atoms with van der Waals surface area (Å²) in [6.07, 6.45) is -3.31. The number of aliphatic imine (C=N–C) groups is 1. The molecule has 0 spiro atoms. The van der Waals surface area contributed by atoms with Crippen LogP contribution in [0, 0.1) is 5.82 Å². The van der Waals surface area contributed by atoms with Gasteiger partial charge in [-0.05, 0) is 60.1 Å². The summed E-state index contributed by atoms with van der Waals surface area (Å²) in [5, 5.41) is 0. The maximum Gasteiger partial charge on any atom is 0.416 e. The highest BCUT2D eigenvalue weighted by molar-refractivity contribution is 6.46. The zero-order valence-electron chi connectivity index (χ0n) is 17.1. The van der Waals surface area contributed by atoms with Gasteiger partial charge in [0.25, 0.3) is 5.91 Å². The fraction of sp³-hybridized carbons (Fsp3) is 0.500. The van der Waals surface area contributed by atoms with E-state index in [4.69, 9.17) is 0 Å². The molecule has 0 aromatic heterocycles. The van der Waals surface area contributed by atoms with Crippen LogP contribution in [0.25, 0.3) is 0 Å². The third kappa shape index (κ3) is 4.22. The van der Waals surface area contributed by atoms with Gasteiger partial charge in [0.2, 0.25) is 5.91 Å². The van der Waals surface area contributed by atoms with Crippen molar-refractivity contribution in [1.82, 2.24) is 9.80 Å². The smallest absolute Gasteiger partial charge is 0.339 e. The quantitative estimate of drug-likeness (QED) is 0.665. The molecule has 4 rings (SSSR count). The molecule has 0 unspecified atom stereocenters. The first-order valence-electron chi connectivity index (χ1n) is 10.3. The summed E-state index contributed by atoms with van der Waals surface area (Å²) in [4.78, 5) is 32.4. The number of likely N-dealkylation sites (tertiary alicyclic amines) is 1. The van der Waals surface area contributed by atoms with E-state index in [1.807, 2.05) is 0 Å². The van der Waals surface area contributed by atoms with Crippen LogP contribution >= 0.6 is 0 Å². The maximum atomic E-state index is 13.7. The Hall–Kier alpha value is -2.71. The number of benzene rings is 1. The minimum atomic E-state index is -4.55. The zero-order chi connectivity index (χ0) is 22.3. The van der Waals surface area contributed by atoms with Crippen molar-refractivity contribution in [3.8, 4) is 0 Å². The van der Waals surface area contributed by atoms with Crippen LogP contribution in [0.15, 0.2) is 34.3 Å². The zero-order valence-corrected chi connectivity index (χ0v) is 17.1. The average molecular weight is 437 g/mol. The van der Waals surface area contributed by atoms with Gasteiger partial charge in [-0.25, -0.2) is 4.39 Å². The number of hydrogen-bond donors (Lipinski definition) is 0. The molecule has 5 nitrogen and oxygen atoms in total. The number of nitrogens with zero attached hydrogens (tertiary/aromatic N) is 3. The molecule has 2 amide bonds. The summed E-state index contributed by atoms with van der Waals surface area (Å²) >= 11 is 0. The summed E-state index contributed by atoms with van der Waals surface area (Å²) in [7, 11) is 0. The number of amides is 2. The molecular formula is C22H23F4N3O2. The second-order valence-electron chi connectivity index (χ2n) is 8.23. The van der Waals surface area contributed by atoms with E-state index in [2.05, 4.69) is 4.99 Å². The van der Waals surface area contributed by atoms with Crippen LogP contribution in [0.3, 0.4) is 0 Å². The first-order chi connectivity index (χ1) is 14.6. The van der Waals surface area contributed by atoms with Gasteiger partial charge in [-0.15, -0.1) is 0 Å². The Balaban J connectivity index is 1.44. The molecule has 0 bridgehead atoms. The third-order valence-corrected chi connectivity index (χ3v) is 6.34. The lowest BCUT2D eigenvalue weighted by Gasteiger charge is -2.34. The molecule has 1 fully saturated rings. The van der Waals surface area contributed by atoms with E-state index in [0.29, 0.717) is 57.7 Å². The Labute approximate surface area is 177 Å². The van der Waals surface area contributed by atoms with E-state index in [1.165, 1.54) is 6.92 Å². The van der Waals surface area contributed by atoms with Gasteiger partial charge in [-0.1, -0.05) is 0 Å². The van der Waals surface area contributed by atoms with E-state index < -0.39 is 23.5 Å². The molecule has 31 heavy (non-hydrogen) atoms. The van der Waals surface area contributed by atoms with E-state index in [-0.39, 0.29) is 17.4 Å². The van der Waals surface area contributed by atoms with Crippen LogP contribution in [0.2, 0.25) is 0 Å². The van der Waals surface area contributed by atoms with Crippen molar-refractivity contribution in [3.63, 3.8) is 0 Å². The summed E-state index contributed by atoms with van der Waals surface area (Å²) in [5.74, 6) is -1.38. The predicted octanol–water partition coefficient (Wildman–Crippen LogP) is 3.55. The van der Waals surface area contributed by atoms with Crippen LogP contribution in [0.4, 0.5) is 17.6 Å². The molecule has 3 heterocycles. The summed E-state index contributed by atoms with van der Waals surface area (Å²) in [6, 6.07) is 2.58. The van der Waals surface area contributed by atoms with E-state index in [9.17, 15) is 27.2 Å². The monoisotopic (exact) mass is 437 g/mol. The molecule has 1 aromatic rings. The van der Waals surface area contributed by atoms with Crippen molar-refractivity contribution in [2.24, 2.45) is 4.99 Å². The second-order valence-corrected chi connectivity index (χ2v) is 8.23. The molecular weight excluding hydrogens is 414 g/mol. The molecule has 166 valence electrons. The van der Waals surface area contributed by atoms with Gasteiger partial charge < -0.3 is 9.80 Å². The predicted molar refractivity (Wildman–Crippen MR) is 106 cm³/mol. The molecule has 1 saturated heterocycles. The van der Waals surface area contributed by atoms with Gasteiger partial charge >= 0.3 is 6.18 Å². The largest absolute Gasteiger partial charge is 0.416 e. The molecule has 0 radical (unpaired) electrons. The molecule has 9 heteroatoms. The van der Waals surface area contributed by atoms with Gasteiger partial charge in [0.15, 0.2) is 0 Å². The Morgan fingerprint density at radius 1 is 1.10 bits per heavy atom. The number of carbonyl (C=O) groups is 2. The fourth-order valence-electron chi connectivity index (χ4n) is 4.67. The van der Waals surface area contributed by atoms with Crippen LogP contribution in [0.1, 0.15) is 43.2 Å². The van der Waals surface area contributed by atoms with Gasteiger partial charge in [0.1, 0.15) is 11.5 Å². The van der Waals surface area contributed by atoms with Crippen molar-refractivity contribution >= 4 is 17.5 Å². The Morgan fingerprint density at radius 2 is 1.81 bits per heavy atom. The topological polar surface area (TPSA) is 53.0 Å². The number of halogens is 4. The number of carbonyl (C=O) groups excluding carboxylic acids is 2. The van der Waals surface area contributed by atoms with E-state index in [0.717, 1.165) is 29.3 Å². The second kappa shape index (κ2) is 8.09. The molecule has 0 aliphatic carbocycles. The van der Waals surface area contributed by atoms with Crippen LogP contribution in [-0.4, -0.2) is 60.0 Å². The Kier molecular flexibility index (Phi) is 5.61. The minimum Gasteiger partial charge on any atom is -0.339 e. The lowest BCUT2D eigenvalue weighted by atomic mass is 9.86. The van der Waals surface area contributed by atoms with Gasteiger partial charge in [-0.3, -0.25) is 14.6 Å². The number of alkyl halides is 3. The summed E-state index contributed by atoms with van der Waals surface area (Å²) < 4.78 is 53.7. The number of hydrogen-bond acceptors (Lipinski definition) is 3. The standard InChI is InChI=1S/C22H23F4N3O2/c1-13(30)29-9-6-17-15(12-29)11-27-20(17)21(31)28-7-4-14(5-8-28)18-10-16(23)2-3-19(18)22(24,25)26/h2-3,10,14H,4-9,11-12H2,1H3. The molecule has 0 saturated carbocycles. The van der Waals surface area contributed by atoms with E-state index >= 15 is 0 Å². The average Bonchev–Trinajstić information content (AvgIpc) is 3.15. The summed E-state index contributed by atoms with van der Waals surface area (Å²) in [6.45, 7) is 3.52. The van der Waals surface area contributed by atoms with Crippen molar-refractivity contribution in [3.05, 3.63) is 46.3 Å². The van der Waals surface area contributed by atoms with Crippen LogP contribution in [0.5, 0.6) is 0 Å². The molecule has 0 atom stereocenters. The van der Waals surface area contributed by atoms with Crippen molar-refractivity contribution in [2.75, 3.05) is 32.7 Å². The number of piperidine rings is 1. The molecule has 1 aromatic carbocycles. The molecule has 3 aliphatic heterocycles. The van der Waals surface area contributed by atoms with Gasteiger partial charge in [0, 0.05) is 33.1 Å².